The van der Waals surface area contributed by atoms with Crippen LogP contribution in [0.1, 0.15) is 46.7 Å². The van der Waals surface area contributed by atoms with E-state index in [0.717, 1.165) is 25.9 Å². The lowest BCUT2D eigenvalue weighted by atomic mass is 10.0. The molecule has 0 aromatic carbocycles. The van der Waals surface area contributed by atoms with Crippen LogP contribution in [0, 0.1) is 5.92 Å². The zero-order chi connectivity index (χ0) is 15.7. The summed E-state index contributed by atoms with van der Waals surface area (Å²) >= 11 is 1.27. The van der Waals surface area contributed by atoms with Gasteiger partial charge in [0.15, 0.2) is 5.78 Å². The lowest BCUT2D eigenvalue weighted by molar-refractivity contribution is 0.0944. The van der Waals surface area contributed by atoms with Crippen LogP contribution in [0.5, 0.6) is 0 Å². The molecule has 2 heterocycles. The summed E-state index contributed by atoms with van der Waals surface area (Å²) in [6.45, 7) is 5.11. The molecule has 116 valence electrons. The second-order valence-electron chi connectivity index (χ2n) is 5.73. The minimum absolute atomic E-state index is 0.0556. The van der Waals surface area contributed by atoms with E-state index in [2.05, 4.69) is 4.90 Å². The number of thiophene rings is 1. The molecule has 1 aliphatic rings. The van der Waals surface area contributed by atoms with Gasteiger partial charge in [-0.1, -0.05) is 13.8 Å². The maximum Gasteiger partial charge on any atom is 0.253 e. The van der Waals surface area contributed by atoms with Gasteiger partial charge in [-0.15, -0.1) is 11.3 Å². The van der Waals surface area contributed by atoms with Crippen LogP contribution in [0.2, 0.25) is 0 Å². The van der Waals surface area contributed by atoms with Gasteiger partial charge >= 0.3 is 0 Å². The quantitative estimate of drug-likeness (QED) is 0.723. The summed E-state index contributed by atoms with van der Waals surface area (Å²) in [7, 11) is 0. The standard InChI is InChI=1S/C14H22N4O2S/c1-7(2)11(19)12-10(16)9(13(17)20)14(21-12)18-5-3-8(15)4-6-18/h7-8H,3-6,15-16H2,1-2H3,(H2,17,20). The number of anilines is 2. The largest absolute Gasteiger partial charge is 0.397 e. The van der Waals surface area contributed by atoms with Crippen molar-refractivity contribution in [3.8, 4) is 0 Å². The predicted molar refractivity (Wildman–Crippen MR) is 85.8 cm³/mol. The highest BCUT2D eigenvalue weighted by molar-refractivity contribution is 7.19. The summed E-state index contributed by atoms with van der Waals surface area (Å²) in [5.41, 5.74) is 17.9. The zero-order valence-corrected chi connectivity index (χ0v) is 13.2. The second kappa shape index (κ2) is 6.03. The van der Waals surface area contributed by atoms with Crippen LogP contribution in [-0.2, 0) is 0 Å². The minimum Gasteiger partial charge on any atom is -0.397 e. The van der Waals surface area contributed by atoms with E-state index in [1.165, 1.54) is 11.3 Å². The maximum atomic E-state index is 12.2. The third kappa shape index (κ3) is 3.03. The number of amides is 1. The number of nitrogens with two attached hydrogens (primary N) is 3. The van der Waals surface area contributed by atoms with Crippen LogP contribution in [-0.4, -0.2) is 30.8 Å². The number of carbonyl (C=O) groups excluding carboxylic acids is 2. The van der Waals surface area contributed by atoms with E-state index >= 15 is 0 Å². The van der Waals surface area contributed by atoms with Gasteiger partial charge in [-0.05, 0) is 12.8 Å². The van der Waals surface area contributed by atoms with Crippen LogP contribution in [0.3, 0.4) is 0 Å². The molecule has 1 saturated heterocycles. The topological polar surface area (TPSA) is 115 Å². The van der Waals surface area contributed by atoms with Crippen molar-refractivity contribution in [3.05, 3.63) is 10.4 Å². The van der Waals surface area contributed by atoms with Gasteiger partial charge in [0.1, 0.15) is 5.00 Å². The Morgan fingerprint density at radius 2 is 1.86 bits per heavy atom. The molecule has 6 nitrogen and oxygen atoms in total. The maximum absolute atomic E-state index is 12.2. The number of nitrogens with zero attached hydrogens (tertiary/aromatic N) is 1. The summed E-state index contributed by atoms with van der Waals surface area (Å²) < 4.78 is 0. The average Bonchev–Trinajstić information content (AvgIpc) is 2.76. The molecule has 1 aromatic rings. The van der Waals surface area contributed by atoms with E-state index in [1.807, 2.05) is 13.8 Å². The molecule has 1 amide bonds. The molecule has 6 N–H and O–H groups in total. The number of Topliss-reactive ketones (excluding diaryl/α,β-unsaturated/α-hetero) is 1. The average molecular weight is 310 g/mol. The first-order valence-corrected chi connectivity index (χ1v) is 7.91. The van der Waals surface area contributed by atoms with Crippen LogP contribution < -0.4 is 22.1 Å². The van der Waals surface area contributed by atoms with Gasteiger partial charge in [0.25, 0.3) is 5.91 Å². The van der Waals surface area contributed by atoms with Crippen molar-refractivity contribution in [3.63, 3.8) is 0 Å². The first-order valence-electron chi connectivity index (χ1n) is 7.09. The van der Waals surface area contributed by atoms with Gasteiger partial charge in [0, 0.05) is 25.0 Å². The molecule has 21 heavy (non-hydrogen) atoms. The molecule has 1 aromatic heterocycles. The number of piperidine rings is 1. The number of ketones is 1. The Kier molecular flexibility index (Phi) is 4.53. The Morgan fingerprint density at radius 1 is 1.29 bits per heavy atom. The van der Waals surface area contributed by atoms with Gasteiger partial charge in [-0.3, -0.25) is 9.59 Å². The summed E-state index contributed by atoms with van der Waals surface area (Å²) in [5.74, 6) is -0.814. The molecule has 0 unspecified atom stereocenters. The third-order valence-corrected chi connectivity index (χ3v) is 5.03. The first-order chi connectivity index (χ1) is 9.82. The molecular weight excluding hydrogens is 288 g/mol. The van der Waals surface area contributed by atoms with Crippen molar-refractivity contribution in [2.45, 2.75) is 32.7 Å². The lowest BCUT2D eigenvalue weighted by Crippen LogP contribution is -2.40. The van der Waals surface area contributed by atoms with E-state index in [-0.39, 0.29) is 29.0 Å². The van der Waals surface area contributed by atoms with Crippen molar-refractivity contribution in [2.24, 2.45) is 17.4 Å². The van der Waals surface area contributed by atoms with E-state index in [0.29, 0.717) is 9.88 Å². The fourth-order valence-corrected chi connectivity index (χ4v) is 3.81. The summed E-state index contributed by atoms with van der Waals surface area (Å²) in [6.07, 6.45) is 1.70. The molecule has 1 fully saturated rings. The van der Waals surface area contributed by atoms with Gasteiger partial charge < -0.3 is 22.1 Å². The predicted octanol–water partition coefficient (Wildman–Crippen LogP) is 1.20. The van der Waals surface area contributed by atoms with Gasteiger partial charge in [0.05, 0.1) is 16.1 Å². The minimum atomic E-state index is -0.587. The molecule has 7 heteroatoms. The first kappa shape index (κ1) is 15.8. The Balaban J connectivity index is 2.43. The van der Waals surface area contributed by atoms with Crippen molar-refractivity contribution in [2.75, 3.05) is 23.7 Å². The van der Waals surface area contributed by atoms with Gasteiger partial charge in [-0.2, -0.15) is 0 Å². The smallest absolute Gasteiger partial charge is 0.253 e. The van der Waals surface area contributed by atoms with Crippen LogP contribution in [0.4, 0.5) is 10.7 Å². The van der Waals surface area contributed by atoms with Crippen molar-refractivity contribution in [1.82, 2.24) is 0 Å². The number of primary amides is 1. The Morgan fingerprint density at radius 3 is 2.33 bits per heavy atom. The van der Waals surface area contributed by atoms with Crippen molar-refractivity contribution < 1.29 is 9.59 Å². The highest BCUT2D eigenvalue weighted by Gasteiger charge is 2.29. The number of hydrogen-bond acceptors (Lipinski definition) is 6. The molecule has 0 spiro atoms. The van der Waals surface area contributed by atoms with E-state index in [9.17, 15) is 9.59 Å². The molecule has 2 rings (SSSR count). The number of hydrogen-bond donors (Lipinski definition) is 3. The van der Waals surface area contributed by atoms with Crippen LogP contribution >= 0.6 is 11.3 Å². The summed E-state index contributed by atoms with van der Waals surface area (Å²) in [6, 6.07) is 0.187. The third-order valence-electron chi connectivity index (χ3n) is 3.75. The molecule has 0 bridgehead atoms. The highest BCUT2D eigenvalue weighted by Crippen LogP contribution is 2.40. The van der Waals surface area contributed by atoms with E-state index in [1.54, 1.807) is 0 Å². The molecule has 0 atom stereocenters. The Bertz CT molecular complexity index is 560. The molecular formula is C14H22N4O2S. The lowest BCUT2D eigenvalue weighted by Gasteiger charge is -2.31. The van der Waals surface area contributed by atoms with Crippen LogP contribution in [0.25, 0.3) is 0 Å². The highest BCUT2D eigenvalue weighted by atomic mass is 32.1. The van der Waals surface area contributed by atoms with Crippen molar-refractivity contribution in [1.29, 1.82) is 0 Å². The van der Waals surface area contributed by atoms with E-state index < -0.39 is 5.91 Å². The van der Waals surface area contributed by atoms with E-state index in [4.69, 9.17) is 17.2 Å². The number of nitrogen functional groups attached to an aromatic ring is 1. The zero-order valence-electron chi connectivity index (χ0n) is 12.4. The van der Waals surface area contributed by atoms with Crippen molar-refractivity contribution >= 4 is 33.7 Å². The fourth-order valence-electron chi connectivity index (χ4n) is 2.44. The molecule has 0 saturated carbocycles. The SMILES string of the molecule is CC(C)C(=O)c1sc(N2CCC(N)CC2)c(C(N)=O)c1N. The molecule has 0 radical (unpaired) electrons. The monoisotopic (exact) mass is 310 g/mol. The van der Waals surface area contributed by atoms with Gasteiger partial charge in [0.2, 0.25) is 0 Å². The summed E-state index contributed by atoms with van der Waals surface area (Å²) in [5, 5.41) is 0.705. The van der Waals surface area contributed by atoms with Gasteiger partial charge in [-0.25, -0.2) is 0 Å². The normalized spacial score (nSPS) is 16.5. The molecule has 1 aliphatic heterocycles. The van der Waals surface area contributed by atoms with Crippen LogP contribution in [0.15, 0.2) is 0 Å². The summed E-state index contributed by atoms with van der Waals surface area (Å²) in [4.78, 5) is 26.5. The Hall–Kier alpha value is -1.60. The fraction of sp³-hybridized carbons (Fsp3) is 0.571. The number of rotatable bonds is 4. The number of carbonyl (C=O) groups is 2. The second-order valence-corrected chi connectivity index (χ2v) is 6.73. The Labute approximate surface area is 128 Å². The molecule has 0 aliphatic carbocycles.